The van der Waals surface area contributed by atoms with E-state index in [-0.39, 0.29) is 17.2 Å². The summed E-state index contributed by atoms with van der Waals surface area (Å²) in [5, 5.41) is 11.4. The molecular formula is C23H19N3O6S. The van der Waals surface area contributed by atoms with E-state index < -0.39 is 28.6 Å². The number of imide groups is 1. The second-order valence-electron chi connectivity index (χ2n) is 7.23. The second-order valence-corrected chi connectivity index (χ2v) is 8.22. The Morgan fingerprint density at radius 2 is 1.97 bits per heavy atom. The van der Waals surface area contributed by atoms with Crippen LogP contribution in [0, 0.1) is 10.1 Å². The number of aromatic nitrogens is 1. The van der Waals surface area contributed by atoms with Gasteiger partial charge in [-0.3, -0.25) is 29.4 Å². The van der Waals surface area contributed by atoms with Crippen molar-refractivity contribution in [3.05, 3.63) is 80.9 Å². The molecule has 1 aliphatic heterocycles. The van der Waals surface area contributed by atoms with Crippen molar-refractivity contribution in [2.24, 2.45) is 0 Å². The van der Waals surface area contributed by atoms with E-state index in [0.29, 0.717) is 6.54 Å². The molecule has 168 valence electrons. The highest BCUT2D eigenvalue weighted by atomic mass is 32.2. The molecule has 0 bridgehead atoms. The molecule has 2 heterocycles. The minimum atomic E-state index is -0.644. The zero-order valence-corrected chi connectivity index (χ0v) is 18.4. The lowest BCUT2D eigenvalue weighted by Crippen LogP contribution is -2.34. The van der Waals surface area contributed by atoms with Gasteiger partial charge in [-0.05, 0) is 36.4 Å². The number of carbonyl (C=O) groups is 3. The highest BCUT2D eigenvalue weighted by Crippen LogP contribution is 2.34. The maximum absolute atomic E-state index is 12.7. The van der Waals surface area contributed by atoms with Crippen LogP contribution >= 0.6 is 11.8 Å². The number of para-hydroxylation sites is 1. The van der Waals surface area contributed by atoms with Gasteiger partial charge in [-0.1, -0.05) is 30.3 Å². The second kappa shape index (κ2) is 9.29. The predicted molar refractivity (Wildman–Crippen MR) is 123 cm³/mol. The van der Waals surface area contributed by atoms with Crippen LogP contribution < -0.4 is 0 Å². The van der Waals surface area contributed by atoms with Crippen molar-refractivity contribution in [2.75, 3.05) is 13.2 Å². The highest BCUT2D eigenvalue weighted by molar-refractivity contribution is 8.18. The first-order valence-corrected chi connectivity index (χ1v) is 10.9. The summed E-state index contributed by atoms with van der Waals surface area (Å²) < 4.78 is 6.77. The Bertz CT molecular complexity index is 1310. The number of benzene rings is 2. The Kier molecular flexibility index (Phi) is 6.27. The van der Waals surface area contributed by atoms with Gasteiger partial charge >= 0.3 is 5.97 Å². The van der Waals surface area contributed by atoms with Crippen LogP contribution in [0.2, 0.25) is 0 Å². The fourth-order valence-electron chi connectivity index (χ4n) is 3.60. The number of ether oxygens (including phenoxy) is 1. The molecule has 3 aromatic rings. The Morgan fingerprint density at radius 3 is 2.73 bits per heavy atom. The Morgan fingerprint density at radius 1 is 1.18 bits per heavy atom. The number of non-ortho nitro benzene ring substituents is 1. The summed E-state index contributed by atoms with van der Waals surface area (Å²) in [6, 6.07) is 14.0. The smallest absolute Gasteiger partial charge is 0.326 e. The van der Waals surface area contributed by atoms with Crippen molar-refractivity contribution in [3.8, 4) is 0 Å². The summed E-state index contributed by atoms with van der Waals surface area (Å²) in [5.41, 5.74) is 2.37. The minimum absolute atomic E-state index is 0.0134. The molecule has 33 heavy (non-hydrogen) atoms. The van der Waals surface area contributed by atoms with Crippen molar-refractivity contribution < 1.29 is 24.0 Å². The van der Waals surface area contributed by atoms with Gasteiger partial charge in [0.1, 0.15) is 6.54 Å². The Labute approximate surface area is 192 Å². The predicted octanol–water partition coefficient (Wildman–Crippen LogP) is 4.20. The molecule has 1 aliphatic rings. The minimum Gasteiger partial charge on any atom is -0.465 e. The van der Waals surface area contributed by atoms with Crippen molar-refractivity contribution in [3.63, 3.8) is 0 Å². The van der Waals surface area contributed by atoms with E-state index in [4.69, 9.17) is 4.74 Å². The normalized spacial score (nSPS) is 14.9. The first kappa shape index (κ1) is 22.3. The fraction of sp³-hybridized carbons (Fsp3) is 0.174. The molecule has 0 aliphatic carbocycles. The summed E-state index contributed by atoms with van der Waals surface area (Å²) in [6.45, 7) is 1.77. The number of carbonyl (C=O) groups excluding carboxylic acids is 3. The average Bonchev–Trinajstić information content (AvgIpc) is 3.26. The van der Waals surface area contributed by atoms with E-state index >= 15 is 0 Å². The SMILES string of the molecule is CCOC(=O)CN1C(=O)S/C(=C/c2cn(Cc3cccc([N+](=O)[O-])c3)c3ccccc23)C1=O. The maximum Gasteiger partial charge on any atom is 0.326 e. The lowest BCUT2D eigenvalue weighted by Gasteiger charge is -2.10. The van der Waals surface area contributed by atoms with Gasteiger partial charge in [0.2, 0.25) is 0 Å². The summed E-state index contributed by atoms with van der Waals surface area (Å²) in [5.74, 6) is -1.19. The number of nitro benzene ring substituents is 1. The third-order valence-corrected chi connectivity index (χ3v) is 5.95. The lowest BCUT2D eigenvalue weighted by atomic mass is 10.1. The van der Waals surface area contributed by atoms with Crippen LogP contribution in [-0.2, 0) is 20.9 Å². The van der Waals surface area contributed by atoms with Crippen molar-refractivity contribution in [1.82, 2.24) is 9.47 Å². The van der Waals surface area contributed by atoms with Crippen LogP contribution in [0.4, 0.5) is 10.5 Å². The molecule has 10 heteroatoms. The molecular weight excluding hydrogens is 446 g/mol. The first-order chi connectivity index (χ1) is 15.9. The van der Waals surface area contributed by atoms with Crippen molar-refractivity contribution in [2.45, 2.75) is 13.5 Å². The molecule has 0 spiro atoms. The van der Waals surface area contributed by atoms with Gasteiger partial charge in [-0.25, -0.2) is 0 Å². The summed E-state index contributed by atoms with van der Waals surface area (Å²) in [6.07, 6.45) is 3.46. The largest absolute Gasteiger partial charge is 0.465 e. The lowest BCUT2D eigenvalue weighted by molar-refractivity contribution is -0.384. The van der Waals surface area contributed by atoms with Crippen molar-refractivity contribution >= 4 is 51.5 Å². The van der Waals surface area contributed by atoms with Crippen LogP contribution in [0.3, 0.4) is 0 Å². The Balaban J connectivity index is 1.66. The van der Waals surface area contributed by atoms with Gasteiger partial charge in [0.25, 0.3) is 16.8 Å². The highest BCUT2D eigenvalue weighted by Gasteiger charge is 2.36. The first-order valence-electron chi connectivity index (χ1n) is 10.1. The quantitative estimate of drug-likeness (QED) is 0.222. The summed E-state index contributed by atoms with van der Waals surface area (Å²) in [4.78, 5) is 48.5. The molecule has 1 aromatic heterocycles. The van der Waals surface area contributed by atoms with E-state index in [1.54, 1.807) is 19.1 Å². The van der Waals surface area contributed by atoms with Gasteiger partial charge in [0, 0.05) is 41.3 Å². The number of esters is 1. The number of amides is 2. The third-order valence-electron chi connectivity index (χ3n) is 5.05. The van der Waals surface area contributed by atoms with Gasteiger partial charge in [-0.15, -0.1) is 0 Å². The van der Waals surface area contributed by atoms with Crippen LogP contribution in [-0.4, -0.2) is 44.7 Å². The maximum atomic E-state index is 12.7. The average molecular weight is 465 g/mol. The molecule has 0 saturated carbocycles. The number of hydrogen-bond acceptors (Lipinski definition) is 7. The van der Waals surface area contributed by atoms with Gasteiger partial charge in [0.15, 0.2) is 0 Å². The molecule has 4 rings (SSSR count). The number of fused-ring (bicyclic) bond motifs is 1. The molecule has 2 aromatic carbocycles. The summed E-state index contributed by atoms with van der Waals surface area (Å²) in [7, 11) is 0. The third kappa shape index (κ3) is 4.65. The molecule has 0 atom stereocenters. The number of nitrogens with zero attached hydrogens (tertiary/aromatic N) is 3. The molecule has 0 unspecified atom stereocenters. The van der Waals surface area contributed by atoms with E-state index in [2.05, 4.69) is 0 Å². The topological polar surface area (TPSA) is 112 Å². The van der Waals surface area contributed by atoms with Crippen LogP contribution in [0.25, 0.3) is 17.0 Å². The fourth-order valence-corrected chi connectivity index (χ4v) is 4.43. The monoisotopic (exact) mass is 465 g/mol. The van der Waals surface area contributed by atoms with Crippen LogP contribution in [0.1, 0.15) is 18.1 Å². The molecule has 9 nitrogen and oxygen atoms in total. The van der Waals surface area contributed by atoms with Crippen LogP contribution in [0.15, 0.2) is 59.6 Å². The van der Waals surface area contributed by atoms with E-state index in [0.717, 1.165) is 38.7 Å². The number of thioether (sulfide) groups is 1. The number of hydrogen-bond donors (Lipinski definition) is 0. The zero-order valence-electron chi connectivity index (χ0n) is 17.6. The summed E-state index contributed by atoms with van der Waals surface area (Å²) >= 11 is 0.770. The van der Waals surface area contributed by atoms with Gasteiger partial charge < -0.3 is 9.30 Å². The van der Waals surface area contributed by atoms with Gasteiger partial charge in [-0.2, -0.15) is 0 Å². The molecule has 0 radical (unpaired) electrons. The number of rotatable bonds is 7. The van der Waals surface area contributed by atoms with Gasteiger partial charge in [0.05, 0.1) is 16.4 Å². The van der Waals surface area contributed by atoms with E-state index in [1.165, 1.54) is 12.1 Å². The van der Waals surface area contributed by atoms with Crippen molar-refractivity contribution in [1.29, 1.82) is 0 Å². The van der Waals surface area contributed by atoms with Crippen LogP contribution in [0.5, 0.6) is 0 Å². The molecule has 0 N–H and O–H groups in total. The van der Waals surface area contributed by atoms with E-state index in [1.807, 2.05) is 41.1 Å². The van der Waals surface area contributed by atoms with E-state index in [9.17, 15) is 24.5 Å². The molecule has 2 amide bonds. The standard InChI is InChI=1S/C23H19N3O6S/c1-2-32-21(27)14-25-22(28)20(33-23(25)29)11-16-13-24(19-9-4-3-8-18(16)19)12-15-6-5-7-17(10-15)26(30)31/h3-11,13H,2,12,14H2,1H3/b20-11+. The molecule has 1 saturated heterocycles. The zero-order chi connectivity index (χ0) is 23.5. The molecule has 1 fully saturated rings. The Hall–Kier alpha value is -3.92. The number of nitro groups is 1.